The summed E-state index contributed by atoms with van der Waals surface area (Å²) in [6.45, 7) is 0. The Labute approximate surface area is 208 Å². The van der Waals surface area contributed by atoms with Crippen molar-refractivity contribution in [2.45, 2.75) is 0 Å². The second-order valence-corrected chi connectivity index (χ2v) is 11.4. The predicted octanol–water partition coefficient (Wildman–Crippen LogP) is 4.64. The maximum absolute atomic E-state index is 9.75. The van der Waals surface area contributed by atoms with E-state index in [4.69, 9.17) is 11.8 Å². The molecule has 0 spiro atoms. The van der Waals surface area contributed by atoms with Crippen molar-refractivity contribution in [1.29, 1.82) is 0 Å². The van der Waals surface area contributed by atoms with E-state index in [1.165, 1.54) is 26.5 Å². The third kappa shape index (κ3) is 9.07. The molecule has 33 heavy (non-hydrogen) atoms. The van der Waals surface area contributed by atoms with Gasteiger partial charge in [0.25, 0.3) is 0 Å². The molecule has 0 aliphatic heterocycles. The van der Waals surface area contributed by atoms with E-state index in [-0.39, 0.29) is 17.1 Å². The average Bonchev–Trinajstić information content (AvgIpc) is 3.48. The molecule has 0 saturated heterocycles. The molecule has 0 unspecified atom stereocenters. The molecule has 9 heteroatoms. The zero-order valence-corrected chi connectivity index (χ0v) is 21.0. The molecule has 0 bridgehead atoms. The zero-order chi connectivity index (χ0) is 23.6. The number of halogens is 4. The number of hydrogen-bond acceptors (Lipinski definition) is 1. The van der Waals surface area contributed by atoms with Crippen LogP contribution in [0.4, 0.5) is 23.0 Å². The van der Waals surface area contributed by atoms with Gasteiger partial charge in [-0.15, -0.1) is 6.07 Å². The molecule has 1 N–H and O–H groups in total. The topological polar surface area (TPSA) is 4.44 Å². The number of rotatable bonds is 4. The summed E-state index contributed by atoms with van der Waals surface area (Å²) >= 11 is 6.36. The monoisotopic (exact) mass is 533 g/mol. The fourth-order valence-electron chi connectivity index (χ4n) is 3.13. The van der Waals surface area contributed by atoms with Gasteiger partial charge in [-0.3, -0.25) is 0 Å². The fourth-order valence-corrected chi connectivity index (χ4v) is 7.31. The Bertz CT molecular complexity index is 1020. The van der Waals surface area contributed by atoms with Crippen molar-refractivity contribution in [3.63, 3.8) is 0 Å². The number of benzene rings is 2. The molecule has 4 aromatic rings. The van der Waals surface area contributed by atoms with Gasteiger partial charge in [-0.2, -0.15) is 6.07 Å². The van der Waals surface area contributed by atoms with Crippen molar-refractivity contribution >= 4 is 46.7 Å². The molecule has 0 aliphatic rings. The van der Waals surface area contributed by atoms with Crippen molar-refractivity contribution < 1.29 is 39.2 Å². The van der Waals surface area contributed by atoms with E-state index in [2.05, 4.69) is 93.0 Å². The minimum atomic E-state index is -6.00. The summed E-state index contributed by atoms with van der Waals surface area (Å²) in [6.07, 6.45) is 0. The number of hydrogen-bond donors (Lipinski definition) is 1. The van der Waals surface area contributed by atoms with Gasteiger partial charge in [0.2, 0.25) is 0 Å². The molecule has 0 aromatic heterocycles. The van der Waals surface area contributed by atoms with Gasteiger partial charge in [-0.1, -0.05) is 77.8 Å². The summed E-state index contributed by atoms with van der Waals surface area (Å²) in [4.78, 5) is 1.32. The van der Waals surface area contributed by atoms with Gasteiger partial charge in [0.15, 0.2) is 0 Å². The molecule has 182 valence electrons. The molecule has 0 atom stereocenters. The van der Waals surface area contributed by atoms with Crippen molar-refractivity contribution in [3.8, 4) is 0 Å². The van der Waals surface area contributed by atoms with E-state index in [1.807, 2.05) is 30.3 Å². The van der Waals surface area contributed by atoms with E-state index in [0.29, 0.717) is 0 Å². The predicted molar refractivity (Wildman–Crippen MR) is 133 cm³/mol. The van der Waals surface area contributed by atoms with Crippen LogP contribution in [-0.4, -0.2) is 21.3 Å². The van der Waals surface area contributed by atoms with Crippen molar-refractivity contribution in [2.24, 2.45) is 0 Å². The number of nitrogens with one attached hydrogen (secondary N) is 1. The summed E-state index contributed by atoms with van der Waals surface area (Å²) in [5, 5.41) is 3.81. The van der Waals surface area contributed by atoms with E-state index in [1.54, 1.807) is 0 Å². The first kappa shape index (κ1) is 29.1. The zero-order valence-electron chi connectivity index (χ0n) is 18.2. The van der Waals surface area contributed by atoms with Gasteiger partial charge in [-0.25, -0.2) is 6.07 Å². The minimum absolute atomic E-state index is 0. The first-order valence-corrected chi connectivity index (χ1v) is 12.8. The Morgan fingerprint density at radius 2 is 1.09 bits per heavy atom. The van der Waals surface area contributed by atoms with E-state index >= 15 is 0 Å². The smallest absolute Gasteiger partial charge is 0.673 e. The average molecular weight is 533 g/mol. The number of quaternary nitrogens is 1. The van der Waals surface area contributed by atoms with Crippen LogP contribution in [0, 0.1) is 0 Å². The summed E-state index contributed by atoms with van der Waals surface area (Å²) in [6, 6.07) is 35.7. The molecular formula is C24H25BF4FeNPS-6. The maximum Gasteiger partial charge on any atom is 0.673 e. The Kier molecular flexibility index (Phi) is 12.1. The molecule has 1 nitrogen and oxygen atoms in total. The molecular weight excluding hydrogens is 508 g/mol. The Morgan fingerprint density at radius 1 is 0.727 bits per heavy atom. The van der Waals surface area contributed by atoms with Crippen molar-refractivity contribution in [3.05, 3.63) is 109 Å². The molecule has 4 aromatic carbocycles. The Morgan fingerprint density at radius 3 is 1.42 bits per heavy atom. The Hall–Kier alpha value is -1.95. The van der Waals surface area contributed by atoms with Crippen LogP contribution in [0.2, 0.25) is 0 Å². The quantitative estimate of drug-likeness (QED) is 0.174. The van der Waals surface area contributed by atoms with Crippen LogP contribution in [0.1, 0.15) is 0 Å². The van der Waals surface area contributed by atoms with Gasteiger partial charge in [-0.05, 0) is 10.6 Å². The summed E-state index contributed by atoms with van der Waals surface area (Å²) < 4.78 is 39.0. The summed E-state index contributed by atoms with van der Waals surface area (Å²) in [5.74, 6) is 0. The van der Waals surface area contributed by atoms with Crippen LogP contribution < -0.4 is 20.8 Å². The van der Waals surface area contributed by atoms with Crippen LogP contribution in [0.25, 0.3) is 0 Å². The molecule has 4 rings (SSSR count). The normalized spacial score (nSPS) is 10.9. The first-order valence-electron chi connectivity index (χ1n) is 9.96. The van der Waals surface area contributed by atoms with Gasteiger partial charge in [0.1, 0.15) is 0 Å². The van der Waals surface area contributed by atoms with Crippen LogP contribution in [0.3, 0.4) is 0 Å². The van der Waals surface area contributed by atoms with Crippen molar-refractivity contribution in [1.82, 2.24) is 0 Å². The third-order valence-electron chi connectivity index (χ3n) is 4.47. The SMILES string of the molecule is C[NH+](C)[c-]1cccc1P(=S)(c1ccccc1)c1ccccc1.F[B-](F)(F)F.[Fe].[cH-]1[cH-][cH-][cH-][cH-]1. The second kappa shape index (κ2) is 13.7. The van der Waals surface area contributed by atoms with Crippen LogP contribution in [0.15, 0.2) is 109 Å². The summed E-state index contributed by atoms with van der Waals surface area (Å²) in [5.41, 5.74) is 1.30. The van der Waals surface area contributed by atoms with Gasteiger partial charge in [0.05, 0.1) is 14.1 Å². The van der Waals surface area contributed by atoms with Crippen LogP contribution >= 0.6 is 6.04 Å². The molecule has 0 radical (unpaired) electrons. The first-order chi connectivity index (χ1) is 15.1. The van der Waals surface area contributed by atoms with E-state index in [0.717, 1.165) is 0 Å². The van der Waals surface area contributed by atoms with Crippen LogP contribution in [0.5, 0.6) is 0 Å². The van der Waals surface area contributed by atoms with Crippen LogP contribution in [-0.2, 0) is 28.9 Å². The van der Waals surface area contributed by atoms with Gasteiger partial charge in [0, 0.05) is 28.8 Å². The third-order valence-corrected chi connectivity index (χ3v) is 9.44. The molecule has 0 fully saturated rings. The molecule has 0 saturated carbocycles. The van der Waals surface area contributed by atoms with Gasteiger partial charge < -0.3 is 52.5 Å². The van der Waals surface area contributed by atoms with Crippen molar-refractivity contribution in [2.75, 3.05) is 14.1 Å². The summed E-state index contributed by atoms with van der Waals surface area (Å²) in [7, 11) is -1.68. The minimum Gasteiger partial charge on any atom is -0.748 e. The largest absolute Gasteiger partial charge is 0.748 e. The standard InChI is InChI=1S/C19H20NPS.C5H5.BF4.Fe/c1-20(2)18-14-9-15-19(18)21(22,16-10-5-3-6-11-16)17-12-7-4-8-13-17;1-2-4-5-3-1;2-1(3,4)5;/h3-15,20H,1-2H3;1-5H;;/q;-5;-1;. The van der Waals surface area contributed by atoms with E-state index in [9.17, 15) is 17.3 Å². The van der Waals surface area contributed by atoms with Gasteiger partial charge >= 0.3 is 7.25 Å². The molecule has 0 aliphatic carbocycles. The molecule has 0 amide bonds. The molecule has 0 heterocycles. The fraction of sp³-hybridized carbons (Fsp3) is 0.0833. The second-order valence-electron chi connectivity index (χ2n) is 7.06. The Balaban J connectivity index is 0.000000413. The maximum atomic E-state index is 9.75. The van der Waals surface area contributed by atoms with E-state index < -0.39 is 13.3 Å².